The highest BCUT2D eigenvalue weighted by atomic mass is 35.5. The number of nitrogens with zero attached hydrogens (tertiary/aromatic N) is 6. The quantitative estimate of drug-likeness (QED) is 0.266. The van der Waals surface area contributed by atoms with E-state index in [0.717, 1.165) is 48.1 Å². The molecular formula is C29H29ClN8O3S. The van der Waals surface area contributed by atoms with E-state index >= 15 is 0 Å². The van der Waals surface area contributed by atoms with Crippen LogP contribution in [-0.4, -0.2) is 53.6 Å². The molecule has 1 fully saturated rings. The molecule has 1 aliphatic rings. The molecule has 1 amide bonds. The summed E-state index contributed by atoms with van der Waals surface area (Å²) >= 11 is 8.10. The van der Waals surface area contributed by atoms with Gasteiger partial charge in [-0.05, 0) is 44.9 Å². The Labute approximate surface area is 250 Å². The van der Waals surface area contributed by atoms with E-state index in [9.17, 15) is 14.7 Å². The number of hydrogen-bond acceptors (Lipinski definition) is 9. The Morgan fingerprint density at radius 1 is 1.17 bits per heavy atom. The van der Waals surface area contributed by atoms with E-state index < -0.39 is 22.8 Å². The maximum absolute atomic E-state index is 13.3. The van der Waals surface area contributed by atoms with Crippen LogP contribution in [0.5, 0.6) is 5.75 Å². The summed E-state index contributed by atoms with van der Waals surface area (Å²) in [6.07, 6.45) is 6.86. The first-order valence-electron chi connectivity index (χ1n) is 13.4. The van der Waals surface area contributed by atoms with Gasteiger partial charge in [-0.15, -0.1) is 0 Å². The lowest BCUT2D eigenvalue weighted by Crippen LogP contribution is -2.48. The molecule has 1 aromatic carbocycles. The smallest absolute Gasteiger partial charge is 0.267 e. The molecule has 0 bridgehead atoms. The van der Waals surface area contributed by atoms with E-state index in [2.05, 4.69) is 27.1 Å². The van der Waals surface area contributed by atoms with Crippen LogP contribution in [0.4, 0.5) is 11.8 Å². The first kappa shape index (κ1) is 28.0. The number of rotatable bonds is 5. The van der Waals surface area contributed by atoms with Crippen molar-refractivity contribution in [2.45, 2.75) is 42.0 Å². The van der Waals surface area contributed by atoms with Gasteiger partial charge in [0.1, 0.15) is 11.3 Å². The van der Waals surface area contributed by atoms with E-state index in [4.69, 9.17) is 22.3 Å². The number of aryl methyl sites for hydroxylation is 2. The molecule has 11 nitrogen and oxygen atoms in total. The lowest BCUT2D eigenvalue weighted by molar-refractivity contribution is 0.102. The molecule has 5 aromatic rings. The molecule has 4 aromatic heterocycles. The predicted octanol–water partition coefficient (Wildman–Crippen LogP) is 4.36. The number of nitrogens with one attached hydrogen (secondary N) is 1. The molecule has 1 aliphatic heterocycles. The van der Waals surface area contributed by atoms with Crippen LogP contribution < -0.4 is 21.5 Å². The molecule has 5 heterocycles. The van der Waals surface area contributed by atoms with Crippen LogP contribution in [-0.2, 0) is 7.05 Å². The second kappa shape index (κ2) is 10.6. The highest BCUT2D eigenvalue weighted by Crippen LogP contribution is 2.40. The molecule has 0 saturated carbocycles. The van der Waals surface area contributed by atoms with Crippen LogP contribution in [0.3, 0.4) is 0 Å². The molecule has 6 rings (SSSR count). The Morgan fingerprint density at radius 3 is 2.67 bits per heavy atom. The van der Waals surface area contributed by atoms with Crippen molar-refractivity contribution in [3.05, 3.63) is 75.6 Å². The number of nitrogens with two attached hydrogens (primary N) is 1. The van der Waals surface area contributed by atoms with Crippen molar-refractivity contribution in [1.29, 1.82) is 0 Å². The normalized spacial score (nSPS) is 14.9. The fraction of sp³-hybridized carbons (Fsp3) is 0.276. The second-order valence-electron chi connectivity index (χ2n) is 10.7. The van der Waals surface area contributed by atoms with Crippen LogP contribution in [0.25, 0.3) is 16.6 Å². The predicted molar refractivity (Wildman–Crippen MR) is 164 cm³/mol. The van der Waals surface area contributed by atoms with Crippen molar-refractivity contribution < 1.29 is 9.90 Å². The highest BCUT2D eigenvalue weighted by Gasteiger charge is 2.29. The monoisotopic (exact) mass is 604 g/mol. The van der Waals surface area contributed by atoms with Crippen molar-refractivity contribution in [3.8, 4) is 5.75 Å². The van der Waals surface area contributed by atoms with Gasteiger partial charge in [0.25, 0.3) is 11.5 Å². The van der Waals surface area contributed by atoms with E-state index in [-0.39, 0.29) is 16.4 Å². The molecule has 4 N–H and O–H groups in total. The van der Waals surface area contributed by atoms with Crippen LogP contribution >= 0.6 is 23.4 Å². The third-order valence-electron chi connectivity index (χ3n) is 7.64. The standard InChI is InChI=1S/C29H29ClN8O3S/c1-16-23(25-33-12-15-38(25)28(34-16)37-13-9-29(2,31)10-14-37)42-19-8-11-32-24(21(19)30)35-26(40)20-22(39)17-6-4-5-7-18(17)36(3)27(20)41/h4-8,11-12,15,39H,9-10,13-14,31H2,1-3H3,(H,32,35,40). The van der Waals surface area contributed by atoms with Gasteiger partial charge in [0, 0.05) is 54.5 Å². The fourth-order valence-electron chi connectivity index (χ4n) is 5.17. The summed E-state index contributed by atoms with van der Waals surface area (Å²) in [4.78, 5) is 43.7. The summed E-state index contributed by atoms with van der Waals surface area (Å²) in [5, 5.41) is 14.0. The molecule has 42 heavy (non-hydrogen) atoms. The lowest BCUT2D eigenvalue weighted by atomic mass is 9.91. The number of carbonyl (C=O) groups is 1. The van der Waals surface area contributed by atoms with Gasteiger partial charge in [-0.2, -0.15) is 0 Å². The average Bonchev–Trinajstić information content (AvgIpc) is 3.45. The molecular weight excluding hydrogens is 576 g/mol. The Morgan fingerprint density at radius 2 is 1.90 bits per heavy atom. The zero-order valence-electron chi connectivity index (χ0n) is 23.3. The third kappa shape index (κ3) is 4.85. The zero-order valence-corrected chi connectivity index (χ0v) is 24.8. The Bertz CT molecular complexity index is 1930. The number of anilines is 2. The lowest BCUT2D eigenvalue weighted by Gasteiger charge is -2.37. The number of amides is 1. The number of hydrogen-bond donors (Lipinski definition) is 3. The summed E-state index contributed by atoms with van der Waals surface area (Å²) in [5.41, 5.74) is 7.14. The second-order valence-corrected chi connectivity index (χ2v) is 12.2. The number of fused-ring (bicyclic) bond motifs is 2. The van der Waals surface area contributed by atoms with Crippen molar-refractivity contribution >= 4 is 57.6 Å². The fourth-order valence-corrected chi connectivity index (χ4v) is 6.41. The molecule has 13 heteroatoms. The Hall–Kier alpha value is -4.13. The molecule has 0 spiro atoms. The van der Waals surface area contributed by atoms with E-state index in [1.165, 1.54) is 22.5 Å². The number of aromatic nitrogens is 5. The van der Waals surface area contributed by atoms with E-state index in [1.54, 1.807) is 43.6 Å². The zero-order chi connectivity index (χ0) is 29.8. The number of aromatic hydroxyl groups is 1. The third-order valence-corrected chi connectivity index (χ3v) is 9.38. The van der Waals surface area contributed by atoms with Crippen LogP contribution in [0, 0.1) is 6.92 Å². The topological polar surface area (TPSA) is 144 Å². The number of carbonyl (C=O) groups excluding carboxylic acids is 1. The van der Waals surface area contributed by atoms with Gasteiger partial charge in [0.2, 0.25) is 5.95 Å². The average molecular weight is 605 g/mol. The number of benzene rings is 1. The molecule has 0 aliphatic carbocycles. The van der Waals surface area contributed by atoms with Gasteiger partial charge in [0.05, 0.1) is 21.1 Å². The summed E-state index contributed by atoms with van der Waals surface area (Å²) in [7, 11) is 1.54. The Kier molecular flexibility index (Phi) is 7.08. The van der Waals surface area contributed by atoms with Gasteiger partial charge >= 0.3 is 0 Å². The molecule has 0 radical (unpaired) electrons. The largest absolute Gasteiger partial charge is 0.506 e. The van der Waals surface area contributed by atoms with E-state index in [0.29, 0.717) is 15.8 Å². The van der Waals surface area contributed by atoms with Gasteiger partial charge in [-0.1, -0.05) is 35.5 Å². The van der Waals surface area contributed by atoms with Crippen molar-refractivity contribution in [3.63, 3.8) is 0 Å². The summed E-state index contributed by atoms with van der Waals surface area (Å²) < 4.78 is 3.28. The van der Waals surface area contributed by atoms with E-state index in [1.807, 2.05) is 17.5 Å². The minimum absolute atomic E-state index is 0.0565. The highest BCUT2D eigenvalue weighted by molar-refractivity contribution is 7.99. The van der Waals surface area contributed by atoms with Crippen LogP contribution in [0.2, 0.25) is 5.02 Å². The SMILES string of the molecule is Cc1nc(N2CCC(C)(N)CC2)n2ccnc2c1Sc1ccnc(NC(=O)c2c(O)c3ccccc3n(C)c2=O)c1Cl. The first-order valence-corrected chi connectivity index (χ1v) is 14.6. The van der Waals surface area contributed by atoms with Crippen molar-refractivity contribution in [2.24, 2.45) is 12.8 Å². The maximum atomic E-state index is 13.3. The number of halogens is 1. The summed E-state index contributed by atoms with van der Waals surface area (Å²) in [6, 6.07) is 8.53. The molecule has 216 valence electrons. The number of para-hydroxylation sites is 1. The minimum Gasteiger partial charge on any atom is -0.506 e. The van der Waals surface area contributed by atoms with Crippen molar-refractivity contribution in [1.82, 2.24) is 23.9 Å². The first-order chi connectivity index (χ1) is 20.1. The van der Waals surface area contributed by atoms with Gasteiger partial charge in [0.15, 0.2) is 11.5 Å². The molecule has 0 unspecified atom stereocenters. The van der Waals surface area contributed by atoms with Crippen LogP contribution in [0.15, 0.2) is 63.5 Å². The summed E-state index contributed by atoms with van der Waals surface area (Å²) in [6.45, 7) is 5.60. The van der Waals surface area contributed by atoms with Gasteiger partial charge in [-0.25, -0.2) is 15.0 Å². The number of imidazole rings is 1. The molecule has 1 saturated heterocycles. The Balaban J connectivity index is 1.31. The van der Waals surface area contributed by atoms with Crippen LogP contribution in [0.1, 0.15) is 35.8 Å². The number of piperidine rings is 1. The maximum Gasteiger partial charge on any atom is 0.267 e. The van der Waals surface area contributed by atoms with Crippen molar-refractivity contribution in [2.75, 3.05) is 23.3 Å². The van der Waals surface area contributed by atoms with Gasteiger partial charge in [-0.3, -0.25) is 14.0 Å². The molecule has 0 atom stereocenters. The van der Waals surface area contributed by atoms with Gasteiger partial charge < -0.3 is 25.6 Å². The minimum atomic E-state index is -0.816. The summed E-state index contributed by atoms with van der Waals surface area (Å²) in [5.74, 6) is -0.351. The number of pyridine rings is 2.